The molecule has 1 aliphatic heterocycles. The average molecular weight is 472 g/mol. The van der Waals surface area contributed by atoms with E-state index < -0.39 is 11.6 Å². The average Bonchev–Trinajstić information content (AvgIpc) is 2.87. The minimum absolute atomic E-state index is 0.0809. The number of carbonyl (C=O) groups excluding carboxylic acids is 1. The lowest BCUT2D eigenvalue weighted by Crippen LogP contribution is -2.45. The zero-order valence-electron chi connectivity index (χ0n) is 20.2. The first-order valence-electron chi connectivity index (χ1n) is 12.3. The fraction of sp³-hybridized carbons (Fsp3) is 0.300. The third-order valence-corrected chi connectivity index (χ3v) is 6.57. The van der Waals surface area contributed by atoms with Gasteiger partial charge in [-0.2, -0.15) is 0 Å². The van der Waals surface area contributed by atoms with Gasteiger partial charge in [0, 0.05) is 18.7 Å². The molecule has 35 heavy (non-hydrogen) atoms. The SMILES string of the molecule is CCCN(C1=C(O)CC(CCc2ccccc2)(CCc2ccc(O)cc2)OC1=O)c1ccccc1. The van der Waals surface area contributed by atoms with Gasteiger partial charge < -0.3 is 19.8 Å². The van der Waals surface area contributed by atoms with E-state index in [0.717, 1.165) is 24.1 Å². The number of phenols is 1. The number of nitrogens with zero attached hydrogens (tertiary/aromatic N) is 1. The van der Waals surface area contributed by atoms with Crippen LogP contribution in [0, 0.1) is 0 Å². The molecule has 2 N–H and O–H groups in total. The summed E-state index contributed by atoms with van der Waals surface area (Å²) in [5.41, 5.74) is 2.49. The van der Waals surface area contributed by atoms with Crippen LogP contribution in [0.4, 0.5) is 5.69 Å². The second-order valence-corrected chi connectivity index (χ2v) is 9.18. The number of hydrogen-bond acceptors (Lipinski definition) is 5. The number of aliphatic hydroxyl groups excluding tert-OH is 1. The highest BCUT2D eigenvalue weighted by atomic mass is 16.6. The van der Waals surface area contributed by atoms with Crippen LogP contribution in [0.15, 0.2) is 96.4 Å². The molecular formula is C30H33NO4. The second-order valence-electron chi connectivity index (χ2n) is 9.18. The van der Waals surface area contributed by atoms with Crippen LogP contribution < -0.4 is 4.90 Å². The van der Waals surface area contributed by atoms with Crippen molar-refractivity contribution >= 4 is 11.7 Å². The minimum atomic E-state index is -0.813. The van der Waals surface area contributed by atoms with Crippen LogP contribution in [0.2, 0.25) is 0 Å². The Morgan fingerprint density at radius 2 is 1.40 bits per heavy atom. The van der Waals surface area contributed by atoms with Gasteiger partial charge in [-0.1, -0.05) is 67.6 Å². The molecule has 1 unspecified atom stereocenters. The maximum absolute atomic E-state index is 13.5. The lowest BCUT2D eigenvalue weighted by Gasteiger charge is -2.40. The van der Waals surface area contributed by atoms with Crippen LogP contribution in [0.25, 0.3) is 0 Å². The Morgan fingerprint density at radius 1 is 0.829 bits per heavy atom. The lowest BCUT2D eigenvalue weighted by molar-refractivity contribution is -0.160. The third-order valence-electron chi connectivity index (χ3n) is 6.57. The Bertz CT molecular complexity index is 1140. The summed E-state index contributed by atoms with van der Waals surface area (Å²) in [6, 6.07) is 26.9. The van der Waals surface area contributed by atoms with Gasteiger partial charge in [0.2, 0.25) is 0 Å². The summed E-state index contributed by atoms with van der Waals surface area (Å²) in [4.78, 5) is 15.3. The van der Waals surface area contributed by atoms with Crippen molar-refractivity contribution in [1.29, 1.82) is 0 Å². The maximum Gasteiger partial charge on any atom is 0.359 e. The monoisotopic (exact) mass is 471 g/mol. The Balaban J connectivity index is 1.62. The summed E-state index contributed by atoms with van der Waals surface area (Å²) in [5, 5.41) is 20.9. The van der Waals surface area contributed by atoms with Crippen molar-refractivity contribution in [3.8, 4) is 5.75 Å². The quantitative estimate of drug-likeness (QED) is 0.338. The summed E-state index contributed by atoms with van der Waals surface area (Å²) >= 11 is 0. The Labute approximate surface area is 207 Å². The van der Waals surface area contributed by atoms with Gasteiger partial charge in [-0.3, -0.25) is 0 Å². The maximum atomic E-state index is 13.5. The van der Waals surface area contributed by atoms with Gasteiger partial charge >= 0.3 is 5.97 Å². The van der Waals surface area contributed by atoms with Crippen LogP contribution in [-0.2, 0) is 22.4 Å². The van der Waals surface area contributed by atoms with Crippen molar-refractivity contribution < 1.29 is 19.7 Å². The van der Waals surface area contributed by atoms with Crippen molar-refractivity contribution in [2.75, 3.05) is 11.4 Å². The van der Waals surface area contributed by atoms with E-state index in [2.05, 4.69) is 12.1 Å². The number of anilines is 1. The number of cyclic esters (lactones) is 1. The number of carbonyl (C=O) groups is 1. The molecule has 0 aliphatic carbocycles. The van der Waals surface area contributed by atoms with E-state index in [9.17, 15) is 15.0 Å². The van der Waals surface area contributed by atoms with E-state index in [-0.39, 0.29) is 23.6 Å². The highest BCUT2D eigenvalue weighted by Gasteiger charge is 2.43. The predicted octanol–water partition coefficient (Wildman–Crippen LogP) is 6.33. The van der Waals surface area contributed by atoms with Crippen LogP contribution >= 0.6 is 0 Å². The smallest absolute Gasteiger partial charge is 0.359 e. The van der Waals surface area contributed by atoms with Crippen LogP contribution in [0.5, 0.6) is 5.75 Å². The largest absolute Gasteiger partial charge is 0.510 e. The molecule has 0 bridgehead atoms. The van der Waals surface area contributed by atoms with Gasteiger partial charge in [0.1, 0.15) is 17.1 Å². The van der Waals surface area contributed by atoms with Crippen molar-refractivity contribution in [3.63, 3.8) is 0 Å². The number of esters is 1. The van der Waals surface area contributed by atoms with E-state index >= 15 is 0 Å². The number of rotatable bonds is 10. The molecule has 3 aromatic carbocycles. The van der Waals surface area contributed by atoms with Gasteiger partial charge in [-0.05, 0) is 67.5 Å². The number of hydrogen-bond donors (Lipinski definition) is 2. The molecule has 0 aromatic heterocycles. The minimum Gasteiger partial charge on any atom is -0.510 e. The molecule has 3 aromatic rings. The van der Waals surface area contributed by atoms with Gasteiger partial charge in [0.05, 0.1) is 0 Å². The number of aromatic hydroxyl groups is 1. The first-order valence-corrected chi connectivity index (χ1v) is 12.3. The first-order chi connectivity index (χ1) is 17.0. The molecular weight excluding hydrogens is 438 g/mol. The van der Waals surface area contributed by atoms with Crippen LogP contribution in [-0.4, -0.2) is 28.3 Å². The number of para-hydroxylation sites is 1. The van der Waals surface area contributed by atoms with Gasteiger partial charge in [0.25, 0.3) is 0 Å². The molecule has 0 saturated carbocycles. The van der Waals surface area contributed by atoms with E-state index in [1.807, 2.05) is 72.5 Å². The zero-order valence-corrected chi connectivity index (χ0v) is 20.2. The first kappa shape index (κ1) is 24.4. The third kappa shape index (κ3) is 6.04. The fourth-order valence-electron chi connectivity index (χ4n) is 4.71. The molecule has 0 spiro atoms. The number of ether oxygens (including phenoxy) is 1. The van der Waals surface area contributed by atoms with Crippen molar-refractivity contribution in [2.24, 2.45) is 0 Å². The van der Waals surface area contributed by atoms with Crippen molar-refractivity contribution in [1.82, 2.24) is 0 Å². The van der Waals surface area contributed by atoms with Gasteiger partial charge in [0.15, 0.2) is 5.70 Å². The lowest BCUT2D eigenvalue weighted by atomic mass is 9.83. The standard InChI is InChI=1S/C30H33NO4/c1-2-21-31(25-11-7-4-8-12-25)28-27(33)22-30(35-29(28)34,19-17-23-9-5-3-6-10-23)20-18-24-13-15-26(32)16-14-24/h3-16,32-33H,2,17-22H2,1H3. The van der Waals surface area contributed by atoms with Crippen molar-refractivity contribution in [3.05, 3.63) is 108 Å². The van der Waals surface area contributed by atoms with E-state index in [4.69, 9.17) is 4.74 Å². The van der Waals surface area contributed by atoms with Gasteiger partial charge in [-0.25, -0.2) is 4.79 Å². The number of phenolic OH excluding ortho intramolecular Hbond substituents is 1. The molecule has 0 radical (unpaired) electrons. The molecule has 5 nitrogen and oxygen atoms in total. The molecule has 182 valence electrons. The predicted molar refractivity (Wildman–Crippen MR) is 138 cm³/mol. The molecule has 5 heteroatoms. The normalized spacial score (nSPS) is 17.8. The number of aliphatic hydroxyl groups is 1. The molecule has 1 aliphatic rings. The molecule has 1 heterocycles. The van der Waals surface area contributed by atoms with Gasteiger partial charge in [-0.15, -0.1) is 0 Å². The van der Waals surface area contributed by atoms with E-state index in [1.54, 1.807) is 12.1 Å². The molecule has 0 amide bonds. The number of aryl methyl sites for hydroxylation is 2. The fourth-order valence-corrected chi connectivity index (χ4v) is 4.71. The molecule has 4 rings (SSSR count). The highest BCUT2D eigenvalue weighted by Crippen LogP contribution is 2.39. The summed E-state index contributed by atoms with van der Waals surface area (Å²) in [5.74, 6) is -0.180. The van der Waals surface area contributed by atoms with E-state index in [0.29, 0.717) is 25.8 Å². The molecule has 0 fully saturated rings. The number of benzene rings is 3. The second kappa shape index (κ2) is 11.1. The molecule has 1 atom stereocenters. The highest BCUT2D eigenvalue weighted by molar-refractivity contribution is 5.94. The summed E-state index contributed by atoms with van der Waals surface area (Å²) in [7, 11) is 0. The Hall–Kier alpha value is -3.73. The summed E-state index contributed by atoms with van der Waals surface area (Å²) in [6.45, 7) is 2.65. The zero-order chi connectivity index (χ0) is 24.7. The topological polar surface area (TPSA) is 70.0 Å². The summed E-state index contributed by atoms with van der Waals surface area (Å²) < 4.78 is 6.23. The summed E-state index contributed by atoms with van der Waals surface area (Å²) in [6.07, 6.45) is 3.68. The molecule has 0 saturated heterocycles. The van der Waals surface area contributed by atoms with Crippen LogP contribution in [0.1, 0.15) is 43.7 Å². The Morgan fingerprint density at radius 3 is 1.97 bits per heavy atom. The Kier molecular flexibility index (Phi) is 7.76. The van der Waals surface area contributed by atoms with Crippen LogP contribution in [0.3, 0.4) is 0 Å². The van der Waals surface area contributed by atoms with Crippen molar-refractivity contribution in [2.45, 2.75) is 51.0 Å². The van der Waals surface area contributed by atoms with E-state index in [1.165, 1.54) is 5.56 Å².